The lowest BCUT2D eigenvalue weighted by molar-refractivity contribution is 0.0933. The normalized spacial score (nSPS) is 16.1. The van der Waals surface area contributed by atoms with Crippen LogP contribution in [-0.4, -0.2) is 44.7 Å². The van der Waals surface area contributed by atoms with Crippen molar-refractivity contribution in [2.24, 2.45) is 0 Å². The van der Waals surface area contributed by atoms with E-state index in [4.69, 9.17) is 9.47 Å². The molecular weight excluding hydrogens is 352 g/mol. The Balaban J connectivity index is 1.72. The molecule has 2 aromatic carbocycles. The fourth-order valence-electron chi connectivity index (χ4n) is 3.72. The van der Waals surface area contributed by atoms with Crippen molar-refractivity contribution < 1.29 is 14.3 Å². The highest BCUT2D eigenvalue weighted by Crippen LogP contribution is 2.25. The van der Waals surface area contributed by atoms with Crippen LogP contribution < -0.4 is 14.8 Å². The fraction of sp³-hybridized carbons (Fsp3) is 0.435. The summed E-state index contributed by atoms with van der Waals surface area (Å²) in [5.74, 6) is 1.54. The predicted molar refractivity (Wildman–Crippen MR) is 111 cm³/mol. The second-order valence-corrected chi connectivity index (χ2v) is 7.18. The Bertz CT molecular complexity index is 735. The van der Waals surface area contributed by atoms with Crippen molar-refractivity contribution in [3.63, 3.8) is 0 Å². The number of hydrogen-bond donors (Lipinski definition) is 1. The number of amides is 1. The molecular formula is C23H30N2O3. The molecule has 150 valence electrons. The summed E-state index contributed by atoms with van der Waals surface area (Å²) in [6.45, 7) is 2.71. The monoisotopic (exact) mass is 382 g/mol. The molecule has 0 saturated carbocycles. The van der Waals surface area contributed by atoms with Gasteiger partial charge in [0.2, 0.25) is 0 Å². The zero-order valence-electron chi connectivity index (χ0n) is 16.8. The highest BCUT2D eigenvalue weighted by atomic mass is 16.5. The molecule has 1 saturated heterocycles. The summed E-state index contributed by atoms with van der Waals surface area (Å²) in [6, 6.07) is 15.6. The van der Waals surface area contributed by atoms with E-state index in [1.165, 1.54) is 31.2 Å². The molecule has 1 atom stereocenters. The van der Waals surface area contributed by atoms with Gasteiger partial charge in [0.15, 0.2) is 0 Å². The maximum atomic E-state index is 12.6. The molecule has 1 aliphatic rings. The second kappa shape index (κ2) is 10.1. The Morgan fingerprint density at radius 2 is 1.43 bits per heavy atom. The van der Waals surface area contributed by atoms with Gasteiger partial charge in [-0.05, 0) is 67.9 Å². The average Bonchev–Trinajstić information content (AvgIpc) is 3.04. The van der Waals surface area contributed by atoms with Crippen LogP contribution in [0.2, 0.25) is 0 Å². The highest BCUT2D eigenvalue weighted by Gasteiger charge is 2.22. The summed E-state index contributed by atoms with van der Waals surface area (Å²) in [4.78, 5) is 15.1. The number of carbonyl (C=O) groups excluding carboxylic acids is 1. The fourth-order valence-corrected chi connectivity index (χ4v) is 3.72. The Hall–Kier alpha value is -2.53. The van der Waals surface area contributed by atoms with Crippen LogP contribution in [0.5, 0.6) is 11.5 Å². The molecule has 3 rings (SSSR count). The Morgan fingerprint density at radius 1 is 0.893 bits per heavy atom. The van der Waals surface area contributed by atoms with Crippen molar-refractivity contribution in [3.05, 3.63) is 59.7 Å². The molecule has 0 aromatic heterocycles. The van der Waals surface area contributed by atoms with Crippen LogP contribution in [-0.2, 0) is 0 Å². The van der Waals surface area contributed by atoms with Crippen molar-refractivity contribution in [2.75, 3.05) is 33.9 Å². The molecule has 2 aromatic rings. The lowest BCUT2D eigenvalue weighted by Gasteiger charge is -2.31. The number of hydrogen-bond acceptors (Lipinski definition) is 4. The zero-order valence-corrected chi connectivity index (χ0v) is 16.8. The molecule has 28 heavy (non-hydrogen) atoms. The molecule has 0 bridgehead atoms. The lowest BCUT2D eigenvalue weighted by Crippen LogP contribution is -2.38. The lowest BCUT2D eigenvalue weighted by atomic mass is 10.0. The Labute approximate surface area is 167 Å². The first-order chi connectivity index (χ1) is 13.7. The summed E-state index contributed by atoms with van der Waals surface area (Å²) >= 11 is 0. The van der Waals surface area contributed by atoms with Gasteiger partial charge in [0.05, 0.1) is 20.3 Å². The first-order valence-electron chi connectivity index (χ1n) is 10.0. The molecule has 1 amide bonds. The van der Waals surface area contributed by atoms with Crippen LogP contribution in [0, 0.1) is 0 Å². The second-order valence-electron chi connectivity index (χ2n) is 7.18. The van der Waals surface area contributed by atoms with Crippen LogP contribution >= 0.6 is 0 Å². The molecule has 1 aliphatic heterocycles. The number of rotatable bonds is 7. The minimum atomic E-state index is -0.0593. The van der Waals surface area contributed by atoms with Crippen molar-refractivity contribution >= 4 is 5.91 Å². The molecule has 5 nitrogen and oxygen atoms in total. The third kappa shape index (κ3) is 5.26. The molecule has 0 spiro atoms. The molecule has 1 fully saturated rings. The number of benzene rings is 2. The molecule has 0 unspecified atom stereocenters. The summed E-state index contributed by atoms with van der Waals surface area (Å²) < 4.78 is 10.5. The van der Waals surface area contributed by atoms with Crippen LogP contribution in [0.4, 0.5) is 0 Å². The number of nitrogens with zero attached hydrogens (tertiary/aromatic N) is 1. The van der Waals surface area contributed by atoms with Crippen LogP contribution in [0.25, 0.3) is 0 Å². The van der Waals surface area contributed by atoms with E-state index in [9.17, 15) is 4.79 Å². The highest BCUT2D eigenvalue weighted by molar-refractivity contribution is 5.94. The molecule has 0 aliphatic carbocycles. The van der Waals surface area contributed by atoms with E-state index in [0.29, 0.717) is 12.1 Å². The first-order valence-corrected chi connectivity index (χ1v) is 10.0. The largest absolute Gasteiger partial charge is 0.497 e. The number of likely N-dealkylation sites (tertiary alicyclic amines) is 1. The van der Waals surface area contributed by atoms with Crippen molar-refractivity contribution in [2.45, 2.75) is 31.7 Å². The number of methoxy groups -OCH3 is 2. The van der Waals surface area contributed by atoms with Gasteiger partial charge in [0, 0.05) is 12.1 Å². The van der Waals surface area contributed by atoms with E-state index in [1.807, 2.05) is 24.3 Å². The standard InChI is InChI=1S/C23H30N2O3/c1-27-20-11-7-18(8-12-20)22(25-15-5-3-4-6-16-25)17-24-23(26)19-9-13-21(28-2)14-10-19/h7-14,22H,3-6,15-17H2,1-2H3,(H,24,26)/t22-/m1/s1. The van der Waals surface area contributed by atoms with Crippen LogP contribution in [0.15, 0.2) is 48.5 Å². The van der Waals surface area contributed by atoms with E-state index < -0.39 is 0 Å². The van der Waals surface area contributed by atoms with Gasteiger partial charge in [-0.2, -0.15) is 0 Å². The summed E-state index contributed by atoms with van der Waals surface area (Å²) in [5.41, 5.74) is 1.85. The topological polar surface area (TPSA) is 50.8 Å². The SMILES string of the molecule is COc1ccc(C(=O)NC[C@H](c2ccc(OC)cc2)N2CCCCCC2)cc1. The quantitative estimate of drug-likeness (QED) is 0.785. The van der Waals surface area contributed by atoms with E-state index >= 15 is 0 Å². The minimum Gasteiger partial charge on any atom is -0.497 e. The summed E-state index contributed by atoms with van der Waals surface area (Å²) in [6.07, 6.45) is 4.98. The number of nitrogens with one attached hydrogen (secondary N) is 1. The van der Waals surface area contributed by atoms with Gasteiger partial charge in [-0.1, -0.05) is 25.0 Å². The van der Waals surface area contributed by atoms with Gasteiger partial charge >= 0.3 is 0 Å². The Kier molecular flexibility index (Phi) is 7.31. The first kappa shape index (κ1) is 20.2. The molecule has 1 N–H and O–H groups in total. The van der Waals surface area contributed by atoms with Crippen molar-refractivity contribution in [3.8, 4) is 11.5 Å². The third-order valence-electron chi connectivity index (χ3n) is 5.39. The molecule has 1 heterocycles. The smallest absolute Gasteiger partial charge is 0.251 e. The van der Waals surface area contributed by atoms with Gasteiger partial charge in [-0.15, -0.1) is 0 Å². The van der Waals surface area contributed by atoms with Gasteiger partial charge in [-0.3, -0.25) is 9.69 Å². The minimum absolute atomic E-state index is 0.0593. The number of carbonyl (C=O) groups is 1. The average molecular weight is 383 g/mol. The van der Waals surface area contributed by atoms with Crippen LogP contribution in [0.1, 0.15) is 47.6 Å². The van der Waals surface area contributed by atoms with E-state index in [0.717, 1.165) is 24.6 Å². The molecule has 0 radical (unpaired) electrons. The third-order valence-corrected chi connectivity index (χ3v) is 5.39. The van der Waals surface area contributed by atoms with E-state index in [1.54, 1.807) is 26.4 Å². The summed E-state index contributed by atoms with van der Waals surface area (Å²) in [5, 5.41) is 3.13. The van der Waals surface area contributed by atoms with Crippen molar-refractivity contribution in [1.82, 2.24) is 10.2 Å². The predicted octanol–water partition coefficient (Wildman–Crippen LogP) is 4.05. The maximum Gasteiger partial charge on any atom is 0.251 e. The van der Waals surface area contributed by atoms with Gasteiger partial charge in [0.25, 0.3) is 5.91 Å². The Morgan fingerprint density at radius 3 is 1.96 bits per heavy atom. The van der Waals surface area contributed by atoms with E-state index in [2.05, 4.69) is 22.3 Å². The summed E-state index contributed by atoms with van der Waals surface area (Å²) in [7, 11) is 3.30. The zero-order chi connectivity index (χ0) is 19.8. The molecule has 5 heteroatoms. The maximum absolute atomic E-state index is 12.6. The van der Waals surface area contributed by atoms with Gasteiger partial charge in [-0.25, -0.2) is 0 Å². The van der Waals surface area contributed by atoms with Crippen LogP contribution in [0.3, 0.4) is 0 Å². The van der Waals surface area contributed by atoms with Gasteiger partial charge in [0.1, 0.15) is 11.5 Å². The van der Waals surface area contributed by atoms with Crippen molar-refractivity contribution in [1.29, 1.82) is 0 Å². The van der Waals surface area contributed by atoms with Gasteiger partial charge < -0.3 is 14.8 Å². The number of ether oxygens (including phenoxy) is 2. The van der Waals surface area contributed by atoms with E-state index in [-0.39, 0.29) is 11.9 Å².